The Labute approximate surface area is 308 Å². The normalized spacial score (nSPS) is 16.4. The first kappa shape index (κ1) is 34.5. The number of benzene rings is 5. The standard InChI is InChI=1S/C44H42FN3O5/c1-52-44(49)41(11-6-22-46-23-25-47(26-24-46)34-18-16-33(45)17-19-34)53-43-40(28-31-8-3-5-10-36(31)42(43)48(50)51)32-13-12-30-15-20-37-35-9-4-2-7-29(35)14-21-38(37)39(30)27-32/h3-5,8-10,12-13,15-20,27-28,41H,2,6-7,11,14,21-26H2,1H3. The highest BCUT2D eigenvalue weighted by atomic mass is 19.1. The maximum absolute atomic E-state index is 13.4. The van der Waals surface area contributed by atoms with Crippen molar-refractivity contribution in [3.8, 4) is 16.9 Å². The third-order valence-electron chi connectivity index (χ3n) is 11.1. The summed E-state index contributed by atoms with van der Waals surface area (Å²) in [4.78, 5) is 30.4. The van der Waals surface area contributed by atoms with E-state index in [2.05, 4.69) is 46.2 Å². The summed E-state index contributed by atoms with van der Waals surface area (Å²) in [6, 6.07) is 26.3. The number of esters is 1. The predicted molar refractivity (Wildman–Crippen MR) is 208 cm³/mol. The van der Waals surface area contributed by atoms with Crippen molar-refractivity contribution in [3.63, 3.8) is 0 Å². The van der Waals surface area contributed by atoms with Crippen LogP contribution in [0.4, 0.5) is 15.8 Å². The zero-order chi connectivity index (χ0) is 36.5. The molecule has 3 aliphatic rings. The number of rotatable bonds is 10. The third kappa shape index (κ3) is 6.89. The van der Waals surface area contributed by atoms with Crippen LogP contribution in [-0.2, 0) is 16.0 Å². The first-order chi connectivity index (χ1) is 25.9. The number of nitrogens with zero attached hydrogens (tertiary/aromatic N) is 3. The molecule has 0 radical (unpaired) electrons. The van der Waals surface area contributed by atoms with E-state index in [1.54, 1.807) is 24.3 Å². The molecule has 53 heavy (non-hydrogen) atoms. The number of carbonyl (C=O) groups excluding carboxylic acids is 1. The summed E-state index contributed by atoms with van der Waals surface area (Å²) in [5.41, 5.74) is 7.57. The van der Waals surface area contributed by atoms with Gasteiger partial charge in [0.2, 0.25) is 5.75 Å². The monoisotopic (exact) mass is 711 g/mol. The number of allylic oxidation sites excluding steroid dienone is 4. The lowest BCUT2D eigenvalue weighted by Gasteiger charge is -2.36. The lowest BCUT2D eigenvalue weighted by Crippen LogP contribution is -2.46. The first-order valence-corrected chi connectivity index (χ1v) is 18.5. The molecule has 5 aromatic carbocycles. The van der Waals surface area contributed by atoms with Crippen LogP contribution in [0, 0.1) is 15.9 Å². The van der Waals surface area contributed by atoms with E-state index >= 15 is 0 Å². The van der Waals surface area contributed by atoms with Gasteiger partial charge in [-0.2, -0.15) is 0 Å². The minimum Gasteiger partial charge on any atom is -0.471 e. The number of fused-ring (bicyclic) bond motifs is 5. The summed E-state index contributed by atoms with van der Waals surface area (Å²) in [5, 5.41) is 16.3. The molecule has 1 fully saturated rings. The highest BCUT2D eigenvalue weighted by Crippen LogP contribution is 2.46. The second-order valence-electron chi connectivity index (χ2n) is 14.1. The fraction of sp³-hybridized carbons (Fsp3) is 0.295. The topological polar surface area (TPSA) is 85.2 Å². The average molecular weight is 712 g/mol. The number of carbonyl (C=O) groups is 1. The van der Waals surface area contributed by atoms with Crippen molar-refractivity contribution in [1.29, 1.82) is 0 Å². The van der Waals surface area contributed by atoms with Crippen LogP contribution in [-0.4, -0.2) is 61.7 Å². The predicted octanol–water partition coefficient (Wildman–Crippen LogP) is 9.28. The number of methoxy groups -OCH3 is 1. The fourth-order valence-corrected chi connectivity index (χ4v) is 8.30. The molecule has 2 aliphatic carbocycles. The van der Waals surface area contributed by atoms with Crippen molar-refractivity contribution in [1.82, 2.24) is 4.90 Å². The number of nitro groups is 1. The zero-order valence-electron chi connectivity index (χ0n) is 29.9. The van der Waals surface area contributed by atoms with E-state index < -0.39 is 17.0 Å². The van der Waals surface area contributed by atoms with Gasteiger partial charge >= 0.3 is 11.7 Å². The Morgan fingerprint density at radius 2 is 1.68 bits per heavy atom. The molecule has 1 atom stereocenters. The van der Waals surface area contributed by atoms with Crippen LogP contribution >= 0.6 is 0 Å². The molecule has 0 aromatic heterocycles. The summed E-state index contributed by atoms with van der Waals surface area (Å²) in [5.74, 6) is -0.752. The van der Waals surface area contributed by atoms with Crippen LogP contribution in [0.1, 0.15) is 43.2 Å². The van der Waals surface area contributed by atoms with E-state index in [9.17, 15) is 19.3 Å². The van der Waals surface area contributed by atoms with Crippen molar-refractivity contribution in [2.45, 2.75) is 44.6 Å². The summed E-state index contributed by atoms with van der Waals surface area (Å²) in [6.45, 7) is 3.98. The van der Waals surface area contributed by atoms with Crippen LogP contribution in [0.5, 0.6) is 5.75 Å². The lowest BCUT2D eigenvalue weighted by atomic mass is 9.79. The Hall–Kier alpha value is -5.54. The molecule has 5 aromatic rings. The minimum absolute atomic E-state index is 0.0707. The zero-order valence-corrected chi connectivity index (χ0v) is 29.9. The van der Waals surface area contributed by atoms with E-state index in [1.807, 2.05) is 24.3 Å². The van der Waals surface area contributed by atoms with Gasteiger partial charge in [-0.3, -0.25) is 15.0 Å². The van der Waals surface area contributed by atoms with Crippen LogP contribution in [0.2, 0.25) is 0 Å². The SMILES string of the molecule is COC(=O)C(CCCN1CCN(c2ccc(F)cc2)CC1)Oc1c(-c2ccc3ccc4c(c3c2)CCC2=C4C=CCC2)cc2ccccc2c1[N+](=O)[O-]. The molecular weight excluding hydrogens is 669 g/mol. The number of halogens is 1. The average Bonchev–Trinajstić information content (AvgIpc) is 3.19. The van der Waals surface area contributed by atoms with E-state index in [0.29, 0.717) is 29.2 Å². The Bertz CT molecular complexity index is 2270. The van der Waals surface area contributed by atoms with Gasteiger partial charge in [0.1, 0.15) is 5.82 Å². The molecule has 1 aliphatic heterocycles. The maximum Gasteiger partial charge on any atom is 0.347 e. The van der Waals surface area contributed by atoms with Gasteiger partial charge in [-0.1, -0.05) is 60.2 Å². The molecule has 8 nitrogen and oxygen atoms in total. The van der Waals surface area contributed by atoms with Crippen molar-refractivity contribution < 1.29 is 23.6 Å². The van der Waals surface area contributed by atoms with Crippen LogP contribution in [0.3, 0.4) is 0 Å². The Morgan fingerprint density at radius 3 is 2.47 bits per heavy atom. The number of nitro benzene ring substituents is 1. The smallest absolute Gasteiger partial charge is 0.347 e. The Kier molecular flexibility index (Phi) is 9.67. The largest absolute Gasteiger partial charge is 0.471 e. The maximum atomic E-state index is 13.4. The van der Waals surface area contributed by atoms with Gasteiger partial charge in [0, 0.05) is 37.4 Å². The molecule has 1 unspecified atom stereocenters. The van der Waals surface area contributed by atoms with E-state index in [1.165, 1.54) is 41.5 Å². The highest BCUT2D eigenvalue weighted by Gasteiger charge is 2.31. The molecule has 0 amide bonds. The van der Waals surface area contributed by atoms with Crippen LogP contribution < -0.4 is 9.64 Å². The number of anilines is 1. The lowest BCUT2D eigenvalue weighted by molar-refractivity contribution is -0.384. The van der Waals surface area contributed by atoms with E-state index in [-0.39, 0.29) is 17.3 Å². The number of hydrogen-bond acceptors (Lipinski definition) is 7. The van der Waals surface area contributed by atoms with Gasteiger partial charge in [0.15, 0.2) is 6.10 Å². The van der Waals surface area contributed by atoms with Gasteiger partial charge in [-0.25, -0.2) is 9.18 Å². The van der Waals surface area contributed by atoms with Crippen molar-refractivity contribution in [3.05, 3.63) is 130 Å². The molecule has 1 heterocycles. The molecule has 0 saturated carbocycles. The van der Waals surface area contributed by atoms with Crippen LogP contribution in [0.25, 0.3) is 38.2 Å². The summed E-state index contributed by atoms with van der Waals surface area (Å²) in [6.07, 6.45) is 8.55. The quantitative estimate of drug-likeness (QED) is 0.0811. The van der Waals surface area contributed by atoms with E-state index in [4.69, 9.17) is 9.47 Å². The number of hydrogen-bond donors (Lipinski definition) is 0. The third-order valence-corrected chi connectivity index (χ3v) is 11.1. The number of ether oxygens (including phenoxy) is 2. The minimum atomic E-state index is -1.05. The van der Waals surface area contributed by atoms with Gasteiger partial charge in [-0.05, 0) is 126 Å². The van der Waals surface area contributed by atoms with Crippen molar-refractivity contribution in [2.75, 3.05) is 44.7 Å². The summed E-state index contributed by atoms with van der Waals surface area (Å²) >= 11 is 0. The van der Waals surface area contributed by atoms with Crippen molar-refractivity contribution >= 4 is 44.5 Å². The second kappa shape index (κ2) is 14.8. The fourth-order valence-electron chi connectivity index (χ4n) is 8.30. The summed E-state index contributed by atoms with van der Waals surface area (Å²) < 4.78 is 25.2. The molecule has 0 N–H and O–H groups in total. The Balaban J connectivity index is 1.10. The van der Waals surface area contributed by atoms with Gasteiger partial charge in [0.25, 0.3) is 0 Å². The van der Waals surface area contributed by atoms with Gasteiger partial charge < -0.3 is 14.4 Å². The highest BCUT2D eigenvalue weighted by molar-refractivity contribution is 6.02. The molecule has 270 valence electrons. The molecule has 1 saturated heterocycles. The Morgan fingerprint density at radius 1 is 0.887 bits per heavy atom. The molecular formula is C44H42FN3O5. The van der Waals surface area contributed by atoms with Crippen molar-refractivity contribution in [2.24, 2.45) is 0 Å². The van der Waals surface area contributed by atoms with Gasteiger partial charge in [0.05, 0.1) is 17.4 Å². The number of piperazine rings is 1. The molecule has 0 spiro atoms. The van der Waals surface area contributed by atoms with Gasteiger partial charge in [-0.15, -0.1) is 0 Å². The molecule has 9 heteroatoms. The first-order valence-electron chi connectivity index (χ1n) is 18.5. The number of aryl methyl sites for hydroxylation is 1. The summed E-state index contributed by atoms with van der Waals surface area (Å²) in [7, 11) is 1.32. The van der Waals surface area contributed by atoms with Crippen LogP contribution in [0.15, 0.2) is 103 Å². The van der Waals surface area contributed by atoms with E-state index in [0.717, 1.165) is 80.4 Å². The molecule has 8 rings (SSSR count). The second-order valence-corrected chi connectivity index (χ2v) is 14.1. The molecule has 0 bridgehead atoms.